The van der Waals surface area contributed by atoms with Gasteiger partial charge in [-0.05, 0) is 88.4 Å². The second-order valence-corrected chi connectivity index (χ2v) is 17.3. The van der Waals surface area contributed by atoms with Crippen molar-refractivity contribution in [1.82, 2.24) is 5.09 Å². The van der Waals surface area contributed by atoms with Gasteiger partial charge in [-0.1, -0.05) is 69.2 Å². The number of nitrogens with two attached hydrogens (primary N) is 2. The standard InChI is InChI=1S/C11H22BNO.C10H20BNO5P2.C10H19BNO4P.2C2H6.CH3F.CH3.Ni/c1-4-11(6-5-7-13)9(3)8(2)10(12)14-11;1-7-8(17-18-2)10(16-9(7)11)4-3-5-12-19(13,14)15-6-10;1-7-8(2)10(4-3-5-12,16-9(7)11)6-15-17(13)14;3*1-2;;/h8-10H,4-7,13H2,1-3H3;7-9,18H,3-6H2,1-2H3,(H2,12,13,14);7-9H,3-6,12H2,1-2H3;2*1-2H3;1H3;1H3;/q;;;;;;-1;/p+1/t8-,9?,10+,11-;2*7-,8?,9+,10+;;;;;/m000...../s1. The van der Waals surface area contributed by atoms with Crippen LogP contribution in [0, 0.1) is 37.0 Å². The normalized spacial score (nSPS) is 37.9. The van der Waals surface area contributed by atoms with Crippen molar-refractivity contribution in [2.45, 2.75) is 155 Å². The van der Waals surface area contributed by atoms with Gasteiger partial charge in [-0.3, -0.25) is 8.91 Å². The van der Waals surface area contributed by atoms with Crippen LogP contribution < -0.4 is 16.6 Å². The molecule has 0 aromatic rings. The number of alkyl halides is 1. The minimum absolute atomic E-state index is 0. The summed E-state index contributed by atoms with van der Waals surface area (Å²) in [5.74, 6) is 1.37. The SMILES string of the molecule is CC.CC.CF.[B][C@@H]1O[C@@](CC)(CCCN)C(C)[C@@H]1C.[B][C@@H]1O[C@@]2(CCCNP(=O)(O)OC2)C(OPC)[C@@H]1C.[B][C@@H]1O[C@](CCCN)(CO[P+](=O)O)C(C)[C@@H]1C.[CH3-].[Ni]. The van der Waals surface area contributed by atoms with Crippen LogP contribution in [0.1, 0.15) is 114 Å². The molecule has 0 aromatic heterocycles. The predicted molar refractivity (Wildman–Crippen MR) is 237 cm³/mol. The van der Waals surface area contributed by atoms with E-state index < -0.39 is 33.2 Å². The Kier molecular flexibility index (Phi) is 37.8. The van der Waals surface area contributed by atoms with Gasteiger partial charge in [0.1, 0.15) is 35.7 Å². The van der Waals surface area contributed by atoms with Crippen molar-refractivity contribution >= 4 is 48.3 Å². The van der Waals surface area contributed by atoms with Crippen LogP contribution in [0.4, 0.5) is 4.39 Å². The Bertz CT molecular complexity index is 1120. The fourth-order valence-electron chi connectivity index (χ4n) is 7.54. The van der Waals surface area contributed by atoms with Gasteiger partial charge in [0.15, 0.2) is 0 Å². The van der Waals surface area contributed by atoms with E-state index in [1.54, 1.807) is 0 Å². The van der Waals surface area contributed by atoms with E-state index in [1.165, 1.54) is 0 Å². The topological polar surface area (TPSA) is 194 Å². The summed E-state index contributed by atoms with van der Waals surface area (Å²) in [5.41, 5.74) is 9.72. The van der Waals surface area contributed by atoms with Crippen LogP contribution in [-0.2, 0) is 53.4 Å². The summed E-state index contributed by atoms with van der Waals surface area (Å²) >= 11 is 0. The molecule has 6 unspecified atom stereocenters. The maximum absolute atomic E-state index is 11.7. The molecule has 1 spiro atoms. The molecule has 4 rings (SSSR count). The summed E-state index contributed by atoms with van der Waals surface area (Å²) in [4.78, 5) is 18.3. The summed E-state index contributed by atoms with van der Waals surface area (Å²) in [7, 11) is 12.2. The van der Waals surface area contributed by atoms with Crippen LogP contribution in [0.5, 0.6) is 0 Å². The van der Waals surface area contributed by atoms with E-state index in [9.17, 15) is 18.4 Å². The third kappa shape index (κ3) is 19.4. The number of halogens is 1. The molecule has 0 aliphatic carbocycles. The average Bonchev–Trinajstić information content (AvgIpc) is 3.66. The molecule has 4 fully saturated rings. The van der Waals surface area contributed by atoms with Gasteiger partial charge in [-0.15, -0.1) is 9.42 Å². The van der Waals surface area contributed by atoms with E-state index >= 15 is 0 Å². The Morgan fingerprint density at radius 1 is 0.897 bits per heavy atom. The molecule has 0 saturated carbocycles. The van der Waals surface area contributed by atoms with E-state index in [4.69, 9.17) is 67.7 Å². The molecule has 21 heteroatoms. The zero-order valence-corrected chi connectivity index (χ0v) is 41.6. The first-order valence-corrected chi connectivity index (χ1v) is 24.4. The van der Waals surface area contributed by atoms with Crippen LogP contribution in [0.2, 0.25) is 0 Å². The second kappa shape index (κ2) is 33.4. The van der Waals surface area contributed by atoms with Crippen molar-refractivity contribution in [3.8, 4) is 0 Å². The predicted octanol–water partition coefficient (Wildman–Crippen LogP) is 6.68. The van der Waals surface area contributed by atoms with Crippen molar-refractivity contribution in [3.05, 3.63) is 7.43 Å². The average molecular weight is 930 g/mol. The number of rotatable bonds is 12. The Balaban J connectivity index is -0.000000351. The maximum Gasteiger partial charge on any atom is 0.694 e. The molecule has 58 heavy (non-hydrogen) atoms. The van der Waals surface area contributed by atoms with Crippen molar-refractivity contribution in [2.75, 3.05) is 46.7 Å². The molecular formula is C37H80B3FN3NiO10P3. The smallest absolute Gasteiger partial charge is 0.381 e. The molecule has 4 heterocycles. The molecular weight excluding hydrogens is 849 g/mol. The molecule has 4 saturated heterocycles. The van der Waals surface area contributed by atoms with Crippen LogP contribution >= 0.6 is 24.8 Å². The molecule has 0 bridgehead atoms. The number of hydrogen-bond donors (Lipinski definition) is 5. The summed E-state index contributed by atoms with van der Waals surface area (Å²) in [6, 6.07) is -0.888. The van der Waals surface area contributed by atoms with E-state index in [2.05, 4.69) is 25.9 Å². The molecule has 344 valence electrons. The summed E-state index contributed by atoms with van der Waals surface area (Å²) in [5, 5.41) is 2.50. The van der Waals surface area contributed by atoms with Gasteiger partial charge < -0.3 is 42.5 Å². The van der Waals surface area contributed by atoms with Crippen LogP contribution in [0.3, 0.4) is 0 Å². The molecule has 15 atom stereocenters. The monoisotopic (exact) mass is 929 g/mol. The first kappa shape index (κ1) is 65.6. The molecule has 0 aromatic carbocycles. The first-order chi connectivity index (χ1) is 26.4. The van der Waals surface area contributed by atoms with E-state index in [0.29, 0.717) is 60.2 Å². The Hall–Kier alpha value is 0.938. The summed E-state index contributed by atoms with van der Waals surface area (Å²) < 4.78 is 65.2. The Morgan fingerprint density at radius 2 is 1.34 bits per heavy atom. The maximum atomic E-state index is 11.7. The summed E-state index contributed by atoms with van der Waals surface area (Å²) in [6.07, 6.45) is 5.75. The van der Waals surface area contributed by atoms with Crippen molar-refractivity contribution < 1.29 is 67.6 Å². The number of hydrogen-bond acceptors (Lipinski definition) is 10. The molecule has 7 N–H and O–H groups in total. The molecule has 4 aliphatic heterocycles. The third-order valence-electron chi connectivity index (χ3n) is 11.3. The number of nitrogens with one attached hydrogen (secondary N) is 1. The van der Waals surface area contributed by atoms with E-state index in [0.717, 1.165) is 32.2 Å². The second-order valence-electron chi connectivity index (χ2n) is 14.3. The first-order valence-electron chi connectivity index (χ1n) is 20.3. The molecule has 13 nitrogen and oxygen atoms in total. The quantitative estimate of drug-likeness (QED) is 0.0792. The van der Waals surface area contributed by atoms with Gasteiger partial charge in [-0.2, -0.15) is 0 Å². The van der Waals surface area contributed by atoms with Gasteiger partial charge in [0.05, 0.1) is 31.1 Å². The van der Waals surface area contributed by atoms with Gasteiger partial charge >= 0.3 is 16.0 Å². The minimum atomic E-state index is -3.75. The largest absolute Gasteiger partial charge is 0.694 e. The fraction of sp³-hybridized carbons (Fsp3) is 0.973. The van der Waals surface area contributed by atoms with Gasteiger partial charge in [0, 0.05) is 60.3 Å². The fourth-order valence-corrected chi connectivity index (χ4v) is 9.47. The van der Waals surface area contributed by atoms with Crippen LogP contribution in [-0.4, -0.2) is 121 Å². The van der Waals surface area contributed by atoms with E-state index in [1.807, 2.05) is 55.1 Å². The minimum Gasteiger partial charge on any atom is -0.381 e. The van der Waals surface area contributed by atoms with Gasteiger partial charge in [0.25, 0.3) is 0 Å². The van der Waals surface area contributed by atoms with Crippen LogP contribution in [0.25, 0.3) is 0 Å². The Morgan fingerprint density at radius 3 is 1.74 bits per heavy atom. The third-order valence-corrected chi connectivity index (χ3v) is 13.3. The Labute approximate surface area is 369 Å². The molecule has 4 aliphatic rings. The van der Waals surface area contributed by atoms with E-state index in [-0.39, 0.29) is 78.6 Å². The molecule has 6 radical (unpaired) electrons. The van der Waals surface area contributed by atoms with Gasteiger partial charge in [0.2, 0.25) is 0 Å². The van der Waals surface area contributed by atoms with Crippen molar-refractivity contribution in [1.29, 1.82) is 0 Å². The summed E-state index contributed by atoms with van der Waals surface area (Å²) in [6.45, 7) is 24.3. The molecule has 0 amide bonds. The van der Waals surface area contributed by atoms with Crippen molar-refractivity contribution in [3.63, 3.8) is 0 Å². The van der Waals surface area contributed by atoms with Crippen LogP contribution in [0.15, 0.2) is 0 Å². The van der Waals surface area contributed by atoms with Gasteiger partial charge in [-0.25, -0.2) is 9.65 Å². The zero-order valence-electron chi connectivity index (χ0n) is 37.8. The van der Waals surface area contributed by atoms with Crippen molar-refractivity contribution in [2.24, 2.45) is 41.1 Å². The number of ether oxygens (including phenoxy) is 3. The zero-order chi connectivity index (χ0) is 43.9.